The quantitative estimate of drug-likeness (QED) is 0.372. The van der Waals surface area contributed by atoms with Gasteiger partial charge < -0.3 is 0 Å². The molecule has 0 saturated carbocycles. The van der Waals surface area contributed by atoms with Crippen LogP contribution in [0.3, 0.4) is 0 Å². The average Bonchev–Trinajstić information content (AvgIpc) is 3.19. The van der Waals surface area contributed by atoms with Crippen LogP contribution >= 0.6 is 23.5 Å². The lowest BCUT2D eigenvalue weighted by Gasteiger charge is -2.12. The molecule has 0 bridgehead atoms. The van der Waals surface area contributed by atoms with Gasteiger partial charge in [0.15, 0.2) is 16.1 Å². The summed E-state index contributed by atoms with van der Waals surface area (Å²) in [6.45, 7) is 0. The number of imidazole rings is 1. The molecule has 0 aliphatic carbocycles. The van der Waals surface area contributed by atoms with Crippen LogP contribution in [0.4, 0.5) is 0 Å². The molecule has 0 spiro atoms. The van der Waals surface area contributed by atoms with Crippen molar-refractivity contribution in [2.75, 3.05) is 12.5 Å². The average molecular weight is 393 g/mol. The molecule has 0 aliphatic rings. The number of nitrogens with zero attached hydrogens (tertiary/aromatic N) is 6. The summed E-state index contributed by atoms with van der Waals surface area (Å²) < 4.78 is 2.07. The Morgan fingerprint density at radius 2 is 1.37 bits per heavy atom. The first-order valence-corrected chi connectivity index (χ1v) is 10.6. The summed E-state index contributed by atoms with van der Waals surface area (Å²) >= 11 is 3.02. The summed E-state index contributed by atoms with van der Waals surface area (Å²) in [5.41, 5.74) is 3.46. The molecule has 27 heavy (non-hydrogen) atoms. The Bertz CT molecular complexity index is 1000. The molecule has 0 amide bonds. The lowest BCUT2D eigenvalue weighted by atomic mass is 10.2. The van der Waals surface area contributed by atoms with Gasteiger partial charge in [0, 0.05) is 18.1 Å². The predicted octanol–water partition coefficient (Wildman–Crippen LogP) is 4.23. The second-order valence-electron chi connectivity index (χ2n) is 5.50. The molecule has 0 atom stereocenters. The van der Waals surface area contributed by atoms with Crippen molar-refractivity contribution in [2.45, 2.75) is 10.3 Å². The van der Waals surface area contributed by atoms with Gasteiger partial charge in [-0.25, -0.2) is 24.9 Å². The normalized spacial score (nSPS) is 10.9. The number of rotatable bonds is 5. The van der Waals surface area contributed by atoms with E-state index in [9.17, 15) is 0 Å². The van der Waals surface area contributed by atoms with Crippen LogP contribution in [0, 0.1) is 0 Å². The Balaban J connectivity index is 1.94. The Morgan fingerprint density at radius 3 is 2.04 bits per heavy atom. The molecular weight excluding hydrogens is 376 g/mol. The fraction of sp³-hybridized carbons (Fsp3) is 0.105. The van der Waals surface area contributed by atoms with Crippen molar-refractivity contribution in [2.24, 2.45) is 0 Å². The fourth-order valence-corrected chi connectivity index (χ4v) is 3.41. The van der Waals surface area contributed by atoms with Crippen LogP contribution in [0.5, 0.6) is 0 Å². The fourth-order valence-electron chi connectivity index (χ4n) is 2.70. The van der Waals surface area contributed by atoms with Crippen molar-refractivity contribution in [3.8, 4) is 28.6 Å². The smallest absolute Gasteiger partial charge is 0.187 e. The van der Waals surface area contributed by atoms with Gasteiger partial charge in [-0.05, 0) is 36.8 Å². The maximum Gasteiger partial charge on any atom is 0.187 e. The van der Waals surface area contributed by atoms with E-state index in [1.807, 2.05) is 61.2 Å². The van der Waals surface area contributed by atoms with Gasteiger partial charge in [0.1, 0.15) is 5.69 Å². The van der Waals surface area contributed by atoms with Crippen LogP contribution in [0.25, 0.3) is 28.6 Å². The number of para-hydroxylation sites is 1. The highest BCUT2D eigenvalue weighted by Crippen LogP contribution is 2.29. The molecule has 8 heteroatoms. The SMILES string of the molecule is CSc1nccc(-c2cnc(-c3ccnc(SC)n3)n2-c2ccccc2)n1. The topological polar surface area (TPSA) is 69.4 Å². The van der Waals surface area contributed by atoms with E-state index in [-0.39, 0.29) is 0 Å². The standard InChI is InChI=1S/C19H16N6S2/c1-26-18-20-10-8-14(23-18)16-12-22-17(15-9-11-21-19(24-15)27-2)25(16)13-6-4-3-5-7-13/h3-12H,1-2H3. The van der Waals surface area contributed by atoms with Crippen LogP contribution in [-0.2, 0) is 0 Å². The minimum atomic E-state index is 0.711. The largest absolute Gasteiger partial charge is 0.289 e. The molecule has 3 heterocycles. The van der Waals surface area contributed by atoms with E-state index in [0.717, 1.165) is 33.8 Å². The number of hydrogen-bond donors (Lipinski definition) is 0. The highest BCUT2D eigenvalue weighted by atomic mass is 32.2. The Hall–Kier alpha value is -2.71. The highest BCUT2D eigenvalue weighted by molar-refractivity contribution is 7.98. The summed E-state index contributed by atoms with van der Waals surface area (Å²) in [7, 11) is 0. The zero-order valence-corrected chi connectivity index (χ0v) is 16.4. The molecule has 0 unspecified atom stereocenters. The molecule has 0 N–H and O–H groups in total. The number of thioether (sulfide) groups is 2. The van der Waals surface area contributed by atoms with Gasteiger partial charge in [0.05, 0.1) is 17.6 Å². The summed E-state index contributed by atoms with van der Waals surface area (Å²) in [5.74, 6) is 0.748. The zero-order valence-electron chi connectivity index (χ0n) is 14.8. The first kappa shape index (κ1) is 17.7. The van der Waals surface area contributed by atoms with Crippen LogP contribution in [0.2, 0.25) is 0 Å². The van der Waals surface area contributed by atoms with Crippen molar-refractivity contribution in [1.29, 1.82) is 0 Å². The lowest BCUT2D eigenvalue weighted by Crippen LogP contribution is -2.02. The molecule has 1 aromatic carbocycles. The van der Waals surface area contributed by atoms with Crippen LogP contribution in [0.15, 0.2) is 71.4 Å². The summed E-state index contributed by atoms with van der Waals surface area (Å²) in [4.78, 5) is 22.5. The molecule has 4 aromatic rings. The summed E-state index contributed by atoms with van der Waals surface area (Å²) in [5, 5.41) is 1.44. The molecule has 0 saturated heterocycles. The summed E-state index contributed by atoms with van der Waals surface area (Å²) in [6.07, 6.45) is 9.28. The molecule has 0 radical (unpaired) electrons. The van der Waals surface area contributed by atoms with Gasteiger partial charge in [-0.1, -0.05) is 41.7 Å². The third-order valence-corrected chi connectivity index (χ3v) is 5.02. The Labute approximate surface area is 165 Å². The van der Waals surface area contributed by atoms with Gasteiger partial charge in [-0.3, -0.25) is 4.57 Å². The Morgan fingerprint density at radius 1 is 0.741 bits per heavy atom. The zero-order chi connectivity index (χ0) is 18.6. The van der Waals surface area contributed by atoms with Gasteiger partial charge in [-0.15, -0.1) is 0 Å². The van der Waals surface area contributed by atoms with Crippen molar-refractivity contribution in [3.63, 3.8) is 0 Å². The molecule has 4 rings (SSSR count). The minimum absolute atomic E-state index is 0.711. The van der Waals surface area contributed by atoms with E-state index in [1.54, 1.807) is 12.4 Å². The predicted molar refractivity (Wildman–Crippen MR) is 109 cm³/mol. The highest BCUT2D eigenvalue weighted by Gasteiger charge is 2.17. The second kappa shape index (κ2) is 7.89. The van der Waals surface area contributed by atoms with Crippen molar-refractivity contribution < 1.29 is 0 Å². The third-order valence-electron chi connectivity index (χ3n) is 3.90. The molecule has 3 aromatic heterocycles. The van der Waals surface area contributed by atoms with Crippen molar-refractivity contribution in [1.82, 2.24) is 29.5 Å². The molecule has 134 valence electrons. The lowest BCUT2D eigenvalue weighted by molar-refractivity contribution is 0.943. The van der Waals surface area contributed by atoms with Crippen molar-refractivity contribution in [3.05, 3.63) is 61.1 Å². The number of hydrogen-bond acceptors (Lipinski definition) is 7. The van der Waals surface area contributed by atoms with Gasteiger partial charge in [-0.2, -0.15) is 0 Å². The first-order valence-electron chi connectivity index (χ1n) is 8.18. The maximum atomic E-state index is 4.67. The Kier molecular flexibility index (Phi) is 5.17. The molecule has 6 nitrogen and oxygen atoms in total. The van der Waals surface area contributed by atoms with E-state index in [1.165, 1.54) is 23.5 Å². The molecule has 0 fully saturated rings. The van der Waals surface area contributed by atoms with Crippen LogP contribution in [-0.4, -0.2) is 42.0 Å². The van der Waals surface area contributed by atoms with E-state index >= 15 is 0 Å². The van der Waals surface area contributed by atoms with E-state index in [4.69, 9.17) is 0 Å². The monoisotopic (exact) mass is 392 g/mol. The maximum absolute atomic E-state index is 4.67. The molecule has 0 aliphatic heterocycles. The first-order chi connectivity index (χ1) is 13.3. The van der Waals surface area contributed by atoms with E-state index in [0.29, 0.717) is 5.16 Å². The van der Waals surface area contributed by atoms with Gasteiger partial charge in [0.2, 0.25) is 0 Å². The minimum Gasteiger partial charge on any atom is -0.289 e. The van der Waals surface area contributed by atoms with E-state index in [2.05, 4.69) is 29.5 Å². The van der Waals surface area contributed by atoms with E-state index < -0.39 is 0 Å². The van der Waals surface area contributed by atoms with Gasteiger partial charge >= 0.3 is 0 Å². The van der Waals surface area contributed by atoms with Crippen LogP contribution in [0.1, 0.15) is 0 Å². The number of benzene rings is 1. The number of aromatic nitrogens is 6. The van der Waals surface area contributed by atoms with Crippen LogP contribution < -0.4 is 0 Å². The summed E-state index contributed by atoms with van der Waals surface area (Å²) in [6, 6.07) is 13.9. The van der Waals surface area contributed by atoms with Gasteiger partial charge in [0.25, 0.3) is 0 Å². The van der Waals surface area contributed by atoms with Crippen molar-refractivity contribution >= 4 is 23.5 Å². The second-order valence-corrected chi connectivity index (χ2v) is 7.04. The third kappa shape index (κ3) is 3.58. The molecular formula is C19H16N6S2.